The van der Waals surface area contributed by atoms with Gasteiger partial charge in [0.05, 0.1) is 23.6 Å². The monoisotopic (exact) mass is 355 g/mol. The number of carbonyl (C=O) groups is 1. The quantitative estimate of drug-likeness (QED) is 0.626. The second-order valence-electron chi connectivity index (χ2n) is 5.87. The number of nitrogen functional groups attached to an aromatic ring is 1. The minimum absolute atomic E-state index is 0.211. The highest BCUT2D eigenvalue weighted by Gasteiger charge is 2.17. The van der Waals surface area contributed by atoms with Crippen LogP contribution in [0.2, 0.25) is 5.02 Å². The number of hydrogen-bond acceptors (Lipinski definition) is 4. The van der Waals surface area contributed by atoms with E-state index in [2.05, 4.69) is 10.3 Å². The summed E-state index contributed by atoms with van der Waals surface area (Å²) >= 11 is 6.03. The van der Waals surface area contributed by atoms with E-state index in [1.165, 1.54) is 12.4 Å². The number of nitrogens with two attached hydrogens (primary N) is 1. The Bertz CT molecular complexity index is 979. The summed E-state index contributed by atoms with van der Waals surface area (Å²) in [5.74, 6) is -0.211. The maximum absolute atomic E-state index is 12.7. The second kappa shape index (κ2) is 6.57. The molecule has 7 heteroatoms. The molecule has 1 atom stereocenters. The van der Waals surface area contributed by atoms with Crippen molar-refractivity contribution in [2.24, 2.45) is 7.05 Å². The van der Waals surface area contributed by atoms with Gasteiger partial charge in [0.1, 0.15) is 5.69 Å². The highest BCUT2D eigenvalue weighted by molar-refractivity contribution is 6.31. The van der Waals surface area contributed by atoms with Gasteiger partial charge in [0.25, 0.3) is 5.91 Å². The number of pyridine rings is 1. The minimum atomic E-state index is -0.326. The molecule has 0 fully saturated rings. The first-order chi connectivity index (χ1) is 11.9. The van der Waals surface area contributed by atoms with Gasteiger partial charge in [0.2, 0.25) is 0 Å². The van der Waals surface area contributed by atoms with E-state index in [-0.39, 0.29) is 11.9 Å². The fourth-order valence-electron chi connectivity index (χ4n) is 2.73. The van der Waals surface area contributed by atoms with Crippen LogP contribution >= 0.6 is 11.6 Å². The fraction of sp³-hybridized carbons (Fsp3) is 0.167. The number of aryl methyl sites for hydroxylation is 1. The third-order valence-corrected chi connectivity index (χ3v) is 4.41. The van der Waals surface area contributed by atoms with Crippen molar-refractivity contribution in [3.8, 4) is 0 Å². The number of hydrogen-bond donors (Lipinski definition) is 3. The lowest BCUT2D eigenvalue weighted by molar-refractivity contribution is 0.0931. The third-order valence-electron chi connectivity index (χ3n) is 4.18. The summed E-state index contributed by atoms with van der Waals surface area (Å²) in [7, 11) is 1.83. The smallest absolute Gasteiger partial charge is 0.268 e. The molecule has 1 amide bonds. The van der Waals surface area contributed by atoms with Crippen molar-refractivity contribution < 1.29 is 4.79 Å². The van der Waals surface area contributed by atoms with Crippen LogP contribution in [0.4, 0.5) is 5.69 Å². The normalized spacial score (nSPS) is 12.1. The van der Waals surface area contributed by atoms with E-state index >= 15 is 0 Å². The molecule has 0 saturated carbocycles. The Balaban J connectivity index is 1.87. The number of anilines is 1. The molecular weight excluding hydrogens is 338 g/mol. The number of amides is 1. The Kier molecular flexibility index (Phi) is 4.46. The molecule has 1 aromatic carbocycles. The van der Waals surface area contributed by atoms with Gasteiger partial charge in [-0.15, -0.1) is 0 Å². The lowest BCUT2D eigenvalue weighted by atomic mass is 10.1. The Morgan fingerprint density at radius 3 is 2.88 bits per heavy atom. The van der Waals surface area contributed by atoms with Crippen LogP contribution in [0, 0.1) is 5.41 Å². The van der Waals surface area contributed by atoms with Crippen molar-refractivity contribution in [3.05, 3.63) is 58.5 Å². The highest BCUT2D eigenvalue weighted by Crippen LogP contribution is 2.23. The Morgan fingerprint density at radius 2 is 2.16 bits per heavy atom. The summed E-state index contributed by atoms with van der Waals surface area (Å²) in [5, 5.41) is 11.9. The van der Waals surface area contributed by atoms with Crippen molar-refractivity contribution in [1.29, 1.82) is 5.41 Å². The Morgan fingerprint density at radius 1 is 1.40 bits per heavy atom. The summed E-state index contributed by atoms with van der Waals surface area (Å²) in [6.07, 6.45) is 2.67. The molecule has 2 aromatic heterocycles. The number of nitrogens with one attached hydrogen (secondary N) is 2. The van der Waals surface area contributed by atoms with Crippen molar-refractivity contribution in [1.82, 2.24) is 14.9 Å². The van der Waals surface area contributed by atoms with E-state index in [9.17, 15) is 4.79 Å². The van der Waals surface area contributed by atoms with Crippen LogP contribution in [0.25, 0.3) is 10.9 Å². The highest BCUT2D eigenvalue weighted by atomic mass is 35.5. The molecule has 25 heavy (non-hydrogen) atoms. The minimum Gasteiger partial charge on any atom is -0.397 e. The summed E-state index contributed by atoms with van der Waals surface area (Å²) in [4.78, 5) is 16.9. The standard InChI is InChI=1S/C18H18ClN5O/c1-10(15-5-12(8-20)14(21)9-22-15)23-18(25)17-6-11-3-4-13(19)7-16(11)24(17)2/h3-10,20H,21H2,1-2H3,(H,23,25). The van der Waals surface area contributed by atoms with Crippen LogP contribution in [0.3, 0.4) is 0 Å². The number of fused-ring (bicyclic) bond motifs is 1. The first kappa shape index (κ1) is 17.0. The van der Waals surface area contributed by atoms with E-state index in [4.69, 9.17) is 22.7 Å². The van der Waals surface area contributed by atoms with Gasteiger partial charge < -0.3 is 21.0 Å². The van der Waals surface area contributed by atoms with Gasteiger partial charge in [-0.2, -0.15) is 0 Å². The van der Waals surface area contributed by atoms with Crippen LogP contribution in [-0.2, 0) is 7.05 Å². The van der Waals surface area contributed by atoms with Crippen molar-refractivity contribution in [2.45, 2.75) is 13.0 Å². The molecule has 0 aliphatic heterocycles. The summed E-state index contributed by atoms with van der Waals surface area (Å²) in [6, 6.07) is 8.71. The molecule has 2 heterocycles. The molecule has 0 aliphatic carbocycles. The first-order valence-electron chi connectivity index (χ1n) is 7.72. The van der Waals surface area contributed by atoms with E-state index in [1.807, 2.05) is 36.7 Å². The molecule has 1 unspecified atom stereocenters. The van der Waals surface area contributed by atoms with Crippen molar-refractivity contribution >= 4 is 40.3 Å². The van der Waals surface area contributed by atoms with Gasteiger partial charge in [-0.1, -0.05) is 17.7 Å². The Labute approximate surface area is 150 Å². The van der Waals surface area contributed by atoms with Gasteiger partial charge >= 0.3 is 0 Å². The molecule has 0 saturated heterocycles. The number of halogens is 1. The lowest BCUT2D eigenvalue weighted by Gasteiger charge is -2.15. The first-order valence-corrected chi connectivity index (χ1v) is 8.10. The molecule has 3 rings (SSSR count). The fourth-order valence-corrected chi connectivity index (χ4v) is 2.89. The molecule has 3 aromatic rings. The number of aromatic nitrogens is 2. The van der Waals surface area contributed by atoms with Gasteiger partial charge in [-0.3, -0.25) is 9.78 Å². The van der Waals surface area contributed by atoms with Gasteiger partial charge in [0.15, 0.2) is 0 Å². The molecule has 128 valence electrons. The molecule has 0 aliphatic rings. The van der Waals surface area contributed by atoms with Crippen molar-refractivity contribution in [3.63, 3.8) is 0 Å². The molecule has 0 radical (unpaired) electrons. The van der Waals surface area contributed by atoms with E-state index in [0.717, 1.165) is 10.9 Å². The van der Waals surface area contributed by atoms with E-state index in [1.54, 1.807) is 12.1 Å². The van der Waals surface area contributed by atoms with Crippen LogP contribution < -0.4 is 11.1 Å². The summed E-state index contributed by atoms with van der Waals surface area (Å²) in [6.45, 7) is 1.84. The summed E-state index contributed by atoms with van der Waals surface area (Å²) in [5.41, 5.74) is 8.83. The maximum Gasteiger partial charge on any atom is 0.268 e. The van der Waals surface area contributed by atoms with Gasteiger partial charge in [-0.05, 0) is 31.2 Å². The van der Waals surface area contributed by atoms with Gasteiger partial charge in [-0.25, -0.2) is 0 Å². The zero-order valence-electron chi connectivity index (χ0n) is 13.9. The number of nitrogens with zero attached hydrogens (tertiary/aromatic N) is 2. The van der Waals surface area contributed by atoms with Crippen LogP contribution in [0.1, 0.15) is 34.7 Å². The zero-order chi connectivity index (χ0) is 18.1. The van der Waals surface area contributed by atoms with Gasteiger partial charge in [0, 0.05) is 34.8 Å². The van der Waals surface area contributed by atoms with Crippen LogP contribution in [0.15, 0.2) is 36.5 Å². The van der Waals surface area contributed by atoms with E-state index < -0.39 is 0 Å². The predicted molar refractivity (Wildman–Crippen MR) is 100 cm³/mol. The summed E-state index contributed by atoms with van der Waals surface area (Å²) < 4.78 is 1.81. The number of rotatable bonds is 4. The number of carbonyl (C=O) groups excluding carboxylic acids is 1. The average molecular weight is 356 g/mol. The molecular formula is C18H18ClN5O. The molecule has 0 bridgehead atoms. The van der Waals surface area contributed by atoms with Crippen LogP contribution in [0.5, 0.6) is 0 Å². The second-order valence-corrected chi connectivity index (χ2v) is 6.31. The largest absolute Gasteiger partial charge is 0.397 e. The Hall–Kier alpha value is -2.86. The SMILES string of the molecule is CC(NC(=O)c1cc2ccc(Cl)cc2n1C)c1cc(C=N)c(N)cn1. The topological polar surface area (TPSA) is 96.8 Å². The number of benzene rings is 1. The molecule has 4 N–H and O–H groups in total. The zero-order valence-corrected chi connectivity index (χ0v) is 14.6. The maximum atomic E-state index is 12.7. The van der Waals surface area contributed by atoms with E-state index in [0.29, 0.717) is 27.7 Å². The van der Waals surface area contributed by atoms with Crippen molar-refractivity contribution in [2.75, 3.05) is 5.73 Å². The predicted octanol–water partition coefficient (Wildman–Crippen LogP) is 3.30. The lowest BCUT2D eigenvalue weighted by Crippen LogP contribution is -2.28. The van der Waals surface area contributed by atoms with Crippen LogP contribution in [-0.4, -0.2) is 21.7 Å². The molecule has 6 nitrogen and oxygen atoms in total. The average Bonchev–Trinajstić information content (AvgIpc) is 2.91. The third kappa shape index (κ3) is 3.21. The molecule has 0 spiro atoms.